The fourth-order valence-corrected chi connectivity index (χ4v) is 4.43. The molecule has 0 radical (unpaired) electrons. The maximum absolute atomic E-state index is 10.5. The summed E-state index contributed by atoms with van der Waals surface area (Å²) in [6.07, 6.45) is 0.570. The summed E-state index contributed by atoms with van der Waals surface area (Å²) in [6, 6.07) is 13.7. The number of aliphatic hydroxyl groups is 3. The quantitative estimate of drug-likeness (QED) is 0.609. The minimum absolute atomic E-state index is 0.0483. The van der Waals surface area contributed by atoms with E-state index in [1.165, 1.54) is 12.8 Å². The van der Waals surface area contributed by atoms with Crippen LogP contribution in [0.1, 0.15) is 55.4 Å². The second kappa shape index (κ2) is 9.94. The highest BCUT2D eigenvalue weighted by Crippen LogP contribution is 2.37. The Labute approximate surface area is 189 Å². The molecule has 0 bridgehead atoms. The first kappa shape index (κ1) is 22.6. The molecule has 1 heterocycles. The van der Waals surface area contributed by atoms with Crippen LogP contribution >= 0.6 is 0 Å². The molecule has 32 heavy (non-hydrogen) atoms. The van der Waals surface area contributed by atoms with Gasteiger partial charge in [-0.2, -0.15) is 0 Å². The van der Waals surface area contributed by atoms with E-state index in [9.17, 15) is 15.3 Å². The maximum Gasteiger partial charge on any atom is 0.152 e. The Hall–Kier alpha value is -2.54. The fourth-order valence-electron chi connectivity index (χ4n) is 4.43. The lowest BCUT2D eigenvalue weighted by atomic mass is 9.91. The third kappa shape index (κ3) is 4.93. The van der Waals surface area contributed by atoms with Gasteiger partial charge in [0.2, 0.25) is 0 Å². The summed E-state index contributed by atoms with van der Waals surface area (Å²) in [5, 5.41) is 30.6. The van der Waals surface area contributed by atoms with Gasteiger partial charge in [-0.05, 0) is 73.6 Å². The van der Waals surface area contributed by atoms with Crippen LogP contribution in [-0.4, -0.2) is 46.3 Å². The zero-order valence-corrected chi connectivity index (χ0v) is 18.4. The van der Waals surface area contributed by atoms with Crippen molar-refractivity contribution in [2.24, 2.45) is 0 Å². The van der Waals surface area contributed by atoms with Gasteiger partial charge in [0.1, 0.15) is 35.6 Å². The van der Waals surface area contributed by atoms with Crippen LogP contribution in [0.4, 0.5) is 0 Å². The Kier molecular flexibility index (Phi) is 7.04. The van der Waals surface area contributed by atoms with E-state index >= 15 is 0 Å². The molecule has 0 unspecified atom stereocenters. The summed E-state index contributed by atoms with van der Waals surface area (Å²) < 4.78 is 17.6. The summed E-state index contributed by atoms with van der Waals surface area (Å²) in [4.78, 5) is 0. The lowest BCUT2D eigenvalue weighted by Crippen LogP contribution is -2.47. The molecule has 1 aliphatic heterocycles. The van der Waals surface area contributed by atoms with Crippen molar-refractivity contribution in [1.82, 2.24) is 0 Å². The molecule has 2 aromatic rings. The van der Waals surface area contributed by atoms with Crippen LogP contribution < -0.4 is 9.47 Å². The summed E-state index contributed by atoms with van der Waals surface area (Å²) in [5.74, 6) is 1.70. The van der Waals surface area contributed by atoms with Gasteiger partial charge in [-0.25, -0.2) is 0 Å². The number of hydrogen-bond acceptors (Lipinski definition) is 6. The Morgan fingerprint density at radius 1 is 1.00 bits per heavy atom. The molecule has 0 aromatic heterocycles. The van der Waals surface area contributed by atoms with Crippen LogP contribution in [0.2, 0.25) is 0 Å². The lowest BCUT2D eigenvalue weighted by molar-refractivity contribution is -0.157. The number of aliphatic hydroxyl groups excluding tert-OH is 3. The predicted molar refractivity (Wildman–Crippen MR) is 121 cm³/mol. The largest absolute Gasteiger partial charge is 0.494 e. The smallest absolute Gasteiger partial charge is 0.152 e. The van der Waals surface area contributed by atoms with Gasteiger partial charge in [0.05, 0.1) is 12.7 Å². The van der Waals surface area contributed by atoms with Crippen molar-refractivity contribution in [3.63, 3.8) is 0 Å². The highest BCUT2D eigenvalue weighted by atomic mass is 16.5. The van der Waals surface area contributed by atoms with Gasteiger partial charge in [-0.1, -0.05) is 24.8 Å². The molecule has 1 saturated heterocycles. The zero-order chi connectivity index (χ0) is 22.7. The number of benzene rings is 2. The minimum atomic E-state index is -1.36. The Bertz CT molecular complexity index is 918. The van der Waals surface area contributed by atoms with Crippen molar-refractivity contribution < 1.29 is 29.5 Å². The third-order valence-electron chi connectivity index (χ3n) is 6.23. The van der Waals surface area contributed by atoms with E-state index in [0.29, 0.717) is 18.6 Å². The van der Waals surface area contributed by atoms with Crippen LogP contribution in [0.15, 0.2) is 54.8 Å². The first-order chi connectivity index (χ1) is 15.5. The predicted octanol–water partition coefficient (Wildman–Crippen LogP) is 3.67. The molecule has 6 nitrogen and oxygen atoms in total. The van der Waals surface area contributed by atoms with Crippen LogP contribution in [0.25, 0.3) is 0 Å². The molecule has 0 amide bonds. The average molecular weight is 441 g/mol. The monoisotopic (exact) mass is 440 g/mol. The van der Waals surface area contributed by atoms with Gasteiger partial charge in [0.25, 0.3) is 0 Å². The van der Waals surface area contributed by atoms with Crippen molar-refractivity contribution in [1.29, 1.82) is 0 Å². The van der Waals surface area contributed by atoms with Gasteiger partial charge >= 0.3 is 0 Å². The van der Waals surface area contributed by atoms with Crippen molar-refractivity contribution in [2.45, 2.75) is 69.5 Å². The standard InChI is InChI=1S/C26H32O6/c1-3-30-20-11-8-17(9-12-20)14-19-15-18(10-13-22(19)32-21-6-4-5-7-21)26-25(29)24(28)23(27)16(2)31-26/h8-13,15,21,23-29H,2-7,14H2,1H3/t23-,24+,25-,26+/m1/s1. The van der Waals surface area contributed by atoms with Gasteiger partial charge < -0.3 is 29.5 Å². The second-order valence-corrected chi connectivity index (χ2v) is 8.58. The zero-order valence-electron chi connectivity index (χ0n) is 18.4. The first-order valence-corrected chi connectivity index (χ1v) is 11.4. The first-order valence-electron chi connectivity index (χ1n) is 11.4. The third-order valence-corrected chi connectivity index (χ3v) is 6.23. The van der Waals surface area contributed by atoms with Crippen molar-refractivity contribution in [3.8, 4) is 11.5 Å². The van der Waals surface area contributed by atoms with E-state index < -0.39 is 24.4 Å². The number of rotatable bonds is 7. The molecule has 1 aliphatic carbocycles. The van der Waals surface area contributed by atoms with Gasteiger partial charge in [-0.15, -0.1) is 0 Å². The van der Waals surface area contributed by atoms with E-state index in [1.807, 2.05) is 49.4 Å². The molecular formula is C26H32O6. The molecule has 2 fully saturated rings. The second-order valence-electron chi connectivity index (χ2n) is 8.58. The minimum Gasteiger partial charge on any atom is -0.494 e. The average Bonchev–Trinajstić information content (AvgIpc) is 3.31. The molecule has 4 rings (SSSR count). The summed E-state index contributed by atoms with van der Waals surface area (Å²) in [7, 11) is 0. The molecule has 4 atom stereocenters. The van der Waals surface area contributed by atoms with E-state index in [0.717, 1.165) is 35.5 Å². The summed E-state index contributed by atoms with van der Waals surface area (Å²) >= 11 is 0. The molecule has 2 aromatic carbocycles. The molecule has 2 aliphatic rings. The molecule has 1 saturated carbocycles. The van der Waals surface area contributed by atoms with Gasteiger partial charge in [0.15, 0.2) is 6.10 Å². The Morgan fingerprint density at radius 3 is 2.41 bits per heavy atom. The van der Waals surface area contributed by atoms with E-state index in [2.05, 4.69) is 6.58 Å². The van der Waals surface area contributed by atoms with E-state index in [-0.39, 0.29) is 11.9 Å². The Morgan fingerprint density at radius 2 is 1.72 bits per heavy atom. The van der Waals surface area contributed by atoms with E-state index in [4.69, 9.17) is 14.2 Å². The van der Waals surface area contributed by atoms with Crippen molar-refractivity contribution in [2.75, 3.05) is 6.61 Å². The normalized spacial score (nSPS) is 26.1. The van der Waals surface area contributed by atoms with E-state index in [1.54, 1.807) is 0 Å². The maximum atomic E-state index is 10.5. The topological polar surface area (TPSA) is 88.4 Å². The molecular weight excluding hydrogens is 408 g/mol. The highest BCUT2D eigenvalue weighted by molar-refractivity contribution is 5.43. The van der Waals surface area contributed by atoms with Crippen LogP contribution in [0, 0.1) is 0 Å². The van der Waals surface area contributed by atoms with Crippen LogP contribution in [-0.2, 0) is 11.2 Å². The number of ether oxygens (including phenoxy) is 3. The lowest BCUT2D eigenvalue weighted by Gasteiger charge is -2.37. The summed E-state index contributed by atoms with van der Waals surface area (Å²) in [6.45, 7) is 6.25. The molecule has 0 spiro atoms. The van der Waals surface area contributed by atoms with Crippen LogP contribution in [0.3, 0.4) is 0 Å². The molecule has 172 valence electrons. The van der Waals surface area contributed by atoms with Gasteiger partial charge in [0, 0.05) is 6.42 Å². The van der Waals surface area contributed by atoms with Crippen LogP contribution in [0.5, 0.6) is 11.5 Å². The number of hydrogen-bond donors (Lipinski definition) is 3. The Balaban J connectivity index is 1.62. The highest BCUT2D eigenvalue weighted by Gasteiger charge is 2.41. The van der Waals surface area contributed by atoms with Crippen molar-refractivity contribution >= 4 is 0 Å². The fraction of sp³-hybridized carbons (Fsp3) is 0.462. The summed E-state index contributed by atoms with van der Waals surface area (Å²) in [5.41, 5.74) is 2.77. The SMILES string of the molecule is C=C1O[C@@H](c2ccc(OC3CCCC3)c(Cc3ccc(OCC)cc3)c2)[C@H](O)[C@@H](O)[C@@H]1O. The van der Waals surface area contributed by atoms with Gasteiger partial charge in [-0.3, -0.25) is 0 Å². The molecule has 3 N–H and O–H groups in total. The molecule has 6 heteroatoms. The van der Waals surface area contributed by atoms with Crippen molar-refractivity contribution in [3.05, 3.63) is 71.5 Å².